The summed E-state index contributed by atoms with van der Waals surface area (Å²) in [6.07, 6.45) is -0.508. The standard InChI is InChI=1S/C14H22N2O2/c1-10(2)13(17)9-15-14(18)11-6-5-7-12(8-11)16(3)4/h5-8,10,13,17H,9H2,1-4H3,(H,15,18). The summed E-state index contributed by atoms with van der Waals surface area (Å²) in [5.74, 6) is -0.0168. The Bertz CT molecular complexity index is 403. The smallest absolute Gasteiger partial charge is 0.251 e. The van der Waals surface area contributed by atoms with Crippen LogP contribution in [0.2, 0.25) is 0 Å². The third-order valence-corrected chi connectivity index (χ3v) is 2.87. The number of amides is 1. The van der Waals surface area contributed by atoms with E-state index in [-0.39, 0.29) is 18.4 Å². The third kappa shape index (κ3) is 4.04. The van der Waals surface area contributed by atoms with Crippen molar-refractivity contribution < 1.29 is 9.90 Å². The van der Waals surface area contributed by atoms with Crippen LogP contribution in [-0.4, -0.2) is 37.8 Å². The summed E-state index contributed by atoms with van der Waals surface area (Å²) in [6, 6.07) is 7.39. The van der Waals surface area contributed by atoms with Crippen LogP contribution in [-0.2, 0) is 0 Å². The molecule has 0 aliphatic rings. The second-order valence-corrected chi connectivity index (χ2v) is 4.97. The number of anilines is 1. The van der Waals surface area contributed by atoms with Crippen molar-refractivity contribution in [3.63, 3.8) is 0 Å². The van der Waals surface area contributed by atoms with Crippen LogP contribution in [0.3, 0.4) is 0 Å². The summed E-state index contributed by atoms with van der Waals surface area (Å²) in [7, 11) is 3.86. The number of hydrogen-bond acceptors (Lipinski definition) is 3. The van der Waals surface area contributed by atoms with Gasteiger partial charge in [-0.1, -0.05) is 19.9 Å². The van der Waals surface area contributed by atoms with E-state index in [4.69, 9.17) is 0 Å². The Morgan fingerprint density at radius 1 is 1.39 bits per heavy atom. The van der Waals surface area contributed by atoms with Gasteiger partial charge in [0.15, 0.2) is 0 Å². The number of aliphatic hydroxyl groups excluding tert-OH is 1. The first-order valence-electron chi connectivity index (χ1n) is 6.15. The van der Waals surface area contributed by atoms with Gasteiger partial charge in [0.05, 0.1) is 6.10 Å². The molecule has 2 N–H and O–H groups in total. The maximum absolute atomic E-state index is 11.9. The summed E-state index contributed by atoms with van der Waals surface area (Å²) < 4.78 is 0. The van der Waals surface area contributed by atoms with Crippen LogP contribution < -0.4 is 10.2 Å². The Labute approximate surface area is 109 Å². The van der Waals surface area contributed by atoms with Crippen molar-refractivity contribution in [2.75, 3.05) is 25.5 Å². The number of carbonyl (C=O) groups is 1. The maximum atomic E-state index is 11.9. The van der Waals surface area contributed by atoms with E-state index in [0.717, 1.165) is 5.69 Å². The van der Waals surface area contributed by atoms with Gasteiger partial charge in [0.2, 0.25) is 0 Å². The number of aliphatic hydroxyl groups is 1. The van der Waals surface area contributed by atoms with Gasteiger partial charge in [-0.25, -0.2) is 0 Å². The first-order valence-corrected chi connectivity index (χ1v) is 6.15. The topological polar surface area (TPSA) is 52.6 Å². The molecule has 4 heteroatoms. The van der Waals surface area contributed by atoms with E-state index in [9.17, 15) is 9.90 Å². The second-order valence-electron chi connectivity index (χ2n) is 4.97. The molecular weight excluding hydrogens is 228 g/mol. The number of rotatable bonds is 5. The lowest BCUT2D eigenvalue weighted by Gasteiger charge is -2.16. The van der Waals surface area contributed by atoms with Crippen molar-refractivity contribution in [2.45, 2.75) is 20.0 Å². The van der Waals surface area contributed by atoms with Gasteiger partial charge >= 0.3 is 0 Å². The van der Waals surface area contributed by atoms with E-state index >= 15 is 0 Å². The van der Waals surface area contributed by atoms with E-state index in [2.05, 4.69) is 5.32 Å². The molecule has 1 aromatic carbocycles. The number of nitrogens with zero attached hydrogens (tertiary/aromatic N) is 1. The molecule has 18 heavy (non-hydrogen) atoms. The van der Waals surface area contributed by atoms with Crippen LogP contribution in [0.25, 0.3) is 0 Å². The van der Waals surface area contributed by atoms with E-state index in [0.29, 0.717) is 5.56 Å². The fraction of sp³-hybridized carbons (Fsp3) is 0.500. The average molecular weight is 250 g/mol. The molecule has 0 aliphatic heterocycles. The van der Waals surface area contributed by atoms with E-state index in [1.807, 2.05) is 51.0 Å². The number of nitrogens with one attached hydrogen (secondary N) is 1. The van der Waals surface area contributed by atoms with Crippen LogP contribution in [0.5, 0.6) is 0 Å². The fourth-order valence-electron chi connectivity index (χ4n) is 1.46. The normalized spacial score (nSPS) is 12.3. The van der Waals surface area contributed by atoms with E-state index in [1.54, 1.807) is 6.07 Å². The summed E-state index contributed by atoms with van der Waals surface area (Å²) in [5, 5.41) is 12.4. The minimum absolute atomic E-state index is 0.137. The van der Waals surface area contributed by atoms with Gasteiger partial charge in [-0.2, -0.15) is 0 Å². The largest absolute Gasteiger partial charge is 0.391 e. The Morgan fingerprint density at radius 3 is 2.61 bits per heavy atom. The molecule has 1 amide bonds. The average Bonchev–Trinajstić information content (AvgIpc) is 2.35. The van der Waals surface area contributed by atoms with Crippen molar-refractivity contribution in [3.8, 4) is 0 Å². The minimum atomic E-state index is -0.508. The van der Waals surface area contributed by atoms with Crippen molar-refractivity contribution in [3.05, 3.63) is 29.8 Å². The van der Waals surface area contributed by atoms with Gasteiger partial charge in [-0.05, 0) is 24.1 Å². The molecule has 0 spiro atoms. The van der Waals surface area contributed by atoms with Crippen LogP contribution in [0.15, 0.2) is 24.3 Å². The van der Waals surface area contributed by atoms with Crippen LogP contribution in [0.4, 0.5) is 5.69 Å². The molecule has 100 valence electrons. The zero-order valence-corrected chi connectivity index (χ0v) is 11.5. The van der Waals surface area contributed by atoms with Gasteiger partial charge in [-0.3, -0.25) is 4.79 Å². The third-order valence-electron chi connectivity index (χ3n) is 2.87. The van der Waals surface area contributed by atoms with Crippen LogP contribution in [0.1, 0.15) is 24.2 Å². The highest BCUT2D eigenvalue weighted by atomic mass is 16.3. The SMILES string of the molecule is CC(C)C(O)CNC(=O)c1cccc(N(C)C)c1. The monoisotopic (exact) mass is 250 g/mol. The van der Waals surface area contributed by atoms with E-state index in [1.165, 1.54) is 0 Å². The van der Waals surface area contributed by atoms with Gasteiger partial charge in [0.1, 0.15) is 0 Å². The van der Waals surface area contributed by atoms with Gasteiger partial charge in [0, 0.05) is 31.9 Å². The van der Waals surface area contributed by atoms with Crippen molar-refractivity contribution in [2.24, 2.45) is 5.92 Å². The number of carbonyl (C=O) groups excluding carboxylic acids is 1. The van der Waals surface area contributed by atoms with Gasteiger partial charge < -0.3 is 15.3 Å². The molecule has 0 saturated heterocycles. The molecule has 1 aromatic rings. The molecule has 4 nitrogen and oxygen atoms in total. The molecule has 0 aliphatic carbocycles. The minimum Gasteiger partial charge on any atom is -0.391 e. The lowest BCUT2D eigenvalue weighted by Crippen LogP contribution is -2.34. The van der Waals surface area contributed by atoms with Gasteiger partial charge in [-0.15, -0.1) is 0 Å². The molecule has 0 bridgehead atoms. The van der Waals surface area contributed by atoms with Crippen LogP contribution in [0, 0.1) is 5.92 Å². The highest BCUT2D eigenvalue weighted by Crippen LogP contribution is 2.13. The highest BCUT2D eigenvalue weighted by Gasteiger charge is 2.12. The summed E-state index contributed by atoms with van der Waals surface area (Å²) in [4.78, 5) is 13.8. The molecular formula is C14H22N2O2. The highest BCUT2D eigenvalue weighted by molar-refractivity contribution is 5.95. The Morgan fingerprint density at radius 2 is 2.06 bits per heavy atom. The Hall–Kier alpha value is -1.55. The predicted molar refractivity (Wildman–Crippen MR) is 73.9 cm³/mol. The Balaban J connectivity index is 2.64. The molecule has 1 atom stereocenters. The number of benzene rings is 1. The lowest BCUT2D eigenvalue weighted by atomic mass is 10.1. The molecule has 0 heterocycles. The second kappa shape index (κ2) is 6.40. The van der Waals surface area contributed by atoms with Crippen molar-refractivity contribution >= 4 is 11.6 Å². The lowest BCUT2D eigenvalue weighted by molar-refractivity contribution is 0.0871. The molecule has 1 unspecified atom stereocenters. The summed E-state index contributed by atoms with van der Waals surface area (Å²) in [6.45, 7) is 4.12. The molecule has 0 aromatic heterocycles. The molecule has 0 radical (unpaired) electrons. The molecule has 1 rings (SSSR count). The first kappa shape index (κ1) is 14.5. The van der Waals surface area contributed by atoms with Gasteiger partial charge in [0.25, 0.3) is 5.91 Å². The quantitative estimate of drug-likeness (QED) is 0.832. The first-order chi connectivity index (χ1) is 8.41. The zero-order valence-electron chi connectivity index (χ0n) is 11.5. The maximum Gasteiger partial charge on any atom is 0.251 e. The Kier molecular flexibility index (Phi) is 5.16. The zero-order chi connectivity index (χ0) is 13.7. The molecule has 0 fully saturated rings. The summed E-state index contributed by atoms with van der Waals surface area (Å²) in [5.41, 5.74) is 1.59. The predicted octanol–water partition coefficient (Wildman–Crippen LogP) is 1.50. The molecule has 0 saturated carbocycles. The fourth-order valence-corrected chi connectivity index (χ4v) is 1.46. The van der Waals surface area contributed by atoms with Crippen LogP contribution >= 0.6 is 0 Å². The number of hydrogen-bond donors (Lipinski definition) is 2. The summed E-state index contributed by atoms with van der Waals surface area (Å²) >= 11 is 0. The van der Waals surface area contributed by atoms with Crippen molar-refractivity contribution in [1.29, 1.82) is 0 Å². The van der Waals surface area contributed by atoms with E-state index < -0.39 is 6.10 Å². The van der Waals surface area contributed by atoms with Crippen molar-refractivity contribution in [1.82, 2.24) is 5.32 Å².